The van der Waals surface area contributed by atoms with Crippen LogP contribution >= 0.6 is 0 Å². The van der Waals surface area contributed by atoms with Crippen molar-refractivity contribution in [3.8, 4) is 0 Å². The molecule has 0 aromatic carbocycles. The summed E-state index contributed by atoms with van der Waals surface area (Å²) >= 11 is 0. The molecule has 52 valence electrons. The lowest BCUT2D eigenvalue weighted by atomic mass is 10.2. The molecule has 0 nitrogen and oxygen atoms in total. The maximum absolute atomic E-state index is 5.76. The van der Waals surface area contributed by atoms with Gasteiger partial charge in [0.2, 0.25) is 0 Å². The molecule has 0 aromatic rings. The molecule has 0 N–H and O–H groups in total. The normalized spacial score (nSPS) is 10.5. The van der Waals surface area contributed by atoms with E-state index in [2.05, 4.69) is 6.58 Å². The predicted octanol–water partition coefficient (Wildman–Crippen LogP) is 0.828. The van der Waals surface area contributed by atoms with Gasteiger partial charge in [-0.1, -0.05) is 10.4 Å². The second-order valence-electron chi connectivity index (χ2n) is 2.67. The van der Waals surface area contributed by atoms with Crippen molar-refractivity contribution >= 4 is 13.2 Å². The minimum atomic E-state index is 0.817. The Hall–Kier alpha value is -1.52. The number of rotatable bonds is 0. The maximum Gasteiger partial charge on any atom is 0.00179 e. The zero-order valence-electron chi connectivity index (χ0n) is 6.17. The fraction of sp³-hybridized carbons (Fsp3) is 0. The van der Waals surface area contributed by atoms with E-state index >= 15 is 0 Å². The smallest absolute Gasteiger partial charge is 0.00179 e. The Morgan fingerprint density at radius 2 is 2.09 bits per heavy atom. The first-order valence-electron chi connectivity index (χ1n) is 3.55. The Bertz CT molecular complexity index is 516. The Balaban J connectivity index is 3.35. The van der Waals surface area contributed by atoms with Gasteiger partial charge in [-0.2, -0.15) is 0 Å². The zero-order valence-corrected chi connectivity index (χ0v) is 6.17. The lowest BCUT2D eigenvalue weighted by Crippen LogP contribution is -2.08. The Kier molecular flexibility index (Phi) is 1.12. The van der Waals surface area contributed by atoms with Gasteiger partial charge in [0.25, 0.3) is 0 Å². The monoisotopic (exact) mass is 140 g/mol. The number of hydrogen-bond donors (Lipinski definition) is 0. The van der Waals surface area contributed by atoms with Crippen LogP contribution in [-0.2, 0) is 0 Å². The summed E-state index contributed by atoms with van der Waals surface area (Å²) in [6.07, 6.45) is 0. The lowest BCUT2D eigenvalue weighted by Gasteiger charge is -1.90. The van der Waals surface area contributed by atoms with E-state index in [1.165, 1.54) is 5.22 Å². The fourth-order valence-electron chi connectivity index (χ4n) is 1.37. The standard InChI is InChI=1S/C11H8/c1-8-4-3-5-10-7-6-9(2)11(8)10/h1,3-7H,2H2. The van der Waals surface area contributed by atoms with Gasteiger partial charge in [0.05, 0.1) is 0 Å². The van der Waals surface area contributed by atoms with E-state index in [1.807, 2.05) is 30.3 Å². The van der Waals surface area contributed by atoms with Crippen LogP contribution in [-0.4, -0.2) is 0 Å². The molecule has 2 aliphatic carbocycles. The molecular weight excluding hydrogens is 132 g/mol. The first kappa shape index (κ1) is 6.21. The summed E-state index contributed by atoms with van der Waals surface area (Å²) < 4.78 is 0. The van der Waals surface area contributed by atoms with E-state index in [-0.39, 0.29) is 0 Å². The summed E-state index contributed by atoms with van der Waals surface area (Å²) in [5.41, 5.74) is 0. The van der Waals surface area contributed by atoms with Crippen LogP contribution in [0.2, 0.25) is 0 Å². The van der Waals surface area contributed by atoms with Crippen LogP contribution in [0.3, 0.4) is 0 Å². The molecule has 0 heterocycles. The third kappa shape index (κ3) is 0.772. The molecule has 0 fully saturated rings. The van der Waals surface area contributed by atoms with Crippen molar-refractivity contribution in [2.45, 2.75) is 0 Å². The minimum Gasteiger partial charge on any atom is -0.144 e. The quantitative estimate of drug-likeness (QED) is 0.475. The average molecular weight is 140 g/mol. The molecule has 0 atom stereocenters. The average Bonchev–Trinajstić information content (AvgIpc) is 2.34. The number of hydrogen-bond acceptors (Lipinski definition) is 0. The van der Waals surface area contributed by atoms with Crippen LogP contribution in [0.25, 0.3) is 13.2 Å². The van der Waals surface area contributed by atoms with Gasteiger partial charge >= 0.3 is 0 Å². The van der Waals surface area contributed by atoms with Gasteiger partial charge < -0.3 is 0 Å². The van der Waals surface area contributed by atoms with Gasteiger partial charge in [0.15, 0.2) is 0 Å². The molecule has 0 amide bonds. The Morgan fingerprint density at radius 1 is 1.27 bits per heavy atom. The van der Waals surface area contributed by atoms with Gasteiger partial charge in [0.1, 0.15) is 0 Å². The highest BCUT2D eigenvalue weighted by Crippen LogP contribution is 1.89. The third-order valence-electron chi connectivity index (χ3n) is 1.91. The van der Waals surface area contributed by atoms with Crippen molar-refractivity contribution in [2.24, 2.45) is 0 Å². The first-order valence-corrected chi connectivity index (χ1v) is 3.55. The van der Waals surface area contributed by atoms with E-state index in [4.69, 9.17) is 6.58 Å². The summed E-state index contributed by atoms with van der Waals surface area (Å²) in [6.45, 7) is 9.65. The molecule has 0 unspecified atom stereocenters. The largest absolute Gasteiger partial charge is 0.144 e. The van der Waals surface area contributed by atoms with Crippen LogP contribution < -0.4 is 10.4 Å². The summed E-state index contributed by atoms with van der Waals surface area (Å²) in [5.74, 6) is 0. The predicted molar refractivity (Wildman–Crippen MR) is 46.6 cm³/mol. The van der Waals surface area contributed by atoms with Gasteiger partial charge in [-0.3, -0.25) is 0 Å². The Morgan fingerprint density at radius 3 is 2.82 bits per heavy atom. The van der Waals surface area contributed by atoms with Crippen LogP contribution in [0, 0.1) is 10.4 Å². The molecule has 0 aliphatic heterocycles. The van der Waals surface area contributed by atoms with Crippen molar-refractivity contribution in [1.82, 2.24) is 0 Å². The van der Waals surface area contributed by atoms with Gasteiger partial charge in [-0.25, -0.2) is 0 Å². The van der Waals surface area contributed by atoms with Gasteiger partial charge in [0, 0.05) is 5.22 Å². The van der Waals surface area contributed by atoms with Crippen molar-refractivity contribution < 1.29 is 0 Å². The zero-order chi connectivity index (χ0) is 7.84. The molecule has 0 radical (unpaired) electrons. The van der Waals surface area contributed by atoms with Crippen LogP contribution in [0.1, 0.15) is 0 Å². The minimum absolute atomic E-state index is 0.817. The molecule has 2 aliphatic rings. The highest BCUT2D eigenvalue weighted by molar-refractivity contribution is 5.24. The molecule has 0 spiro atoms. The van der Waals surface area contributed by atoms with Gasteiger partial charge in [-0.15, -0.1) is 42.1 Å². The Labute approximate surface area is 65.1 Å². The van der Waals surface area contributed by atoms with E-state index in [0.29, 0.717) is 0 Å². The third-order valence-corrected chi connectivity index (χ3v) is 1.91. The molecule has 0 heteroatoms. The summed E-state index contributed by atoms with van der Waals surface area (Å²) in [5, 5.41) is 4.10. The van der Waals surface area contributed by atoms with Crippen LogP contribution in [0.15, 0.2) is 30.3 Å². The van der Waals surface area contributed by atoms with Crippen molar-refractivity contribution in [2.75, 3.05) is 0 Å². The van der Waals surface area contributed by atoms with Crippen LogP contribution in [0.4, 0.5) is 0 Å². The highest BCUT2D eigenvalue weighted by Gasteiger charge is 1.82. The van der Waals surface area contributed by atoms with Crippen molar-refractivity contribution in [1.29, 1.82) is 0 Å². The van der Waals surface area contributed by atoms with E-state index in [0.717, 1.165) is 15.7 Å². The van der Waals surface area contributed by atoms with Gasteiger partial charge in [-0.05, 0) is 6.58 Å². The van der Waals surface area contributed by atoms with E-state index < -0.39 is 0 Å². The second kappa shape index (κ2) is 1.98. The SMILES string of the molecule is [CH+]=c1cc[cH-]c2ccc(=C)c1=2. The maximum atomic E-state index is 5.76. The topological polar surface area (TPSA) is 0 Å². The molecule has 0 aromatic heterocycles. The lowest BCUT2D eigenvalue weighted by molar-refractivity contribution is 1.47. The second-order valence-corrected chi connectivity index (χ2v) is 2.67. The van der Waals surface area contributed by atoms with E-state index in [9.17, 15) is 0 Å². The van der Waals surface area contributed by atoms with Crippen molar-refractivity contribution in [3.63, 3.8) is 0 Å². The highest BCUT2D eigenvalue weighted by atomic mass is 13.9. The molecule has 11 heavy (non-hydrogen) atoms. The summed E-state index contributed by atoms with van der Waals surface area (Å²) in [4.78, 5) is 0. The summed E-state index contributed by atoms with van der Waals surface area (Å²) in [7, 11) is 0. The van der Waals surface area contributed by atoms with Crippen molar-refractivity contribution in [3.05, 3.63) is 51.2 Å². The van der Waals surface area contributed by atoms with E-state index in [1.54, 1.807) is 0 Å². The molecule has 0 saturated carbocycles. The molecular formula is C11H8. The van der Waals surface area contributed by atoms with Crippen LogP contribution in [0.5, 0.6) is 0 Å². The molecule has 2 rings (SSSR count). The first-order chi connectivity index (χ1) is 5.29. The fourth-order valence-corrected chi connectivity index (χ4v) is 1.37. The summed E-state index contributed by atoms with van der Waals surface area (Å²) in [6, 6.07) is 9.92. The molecule has 0 bridgehead atoms. The molecule has 0 saturated heterocycles.